The summed E-state index contributed by atoms with van der Waals surface area (Å²) < 4.78 is 18.9. The largest absolute Gasteiger partial charge is 0.493 e. The van der Waals surface area contributed by atoms with Crippen LogP contribution in [0.25, 0.3) is 22.4 Å². The number of ether oxygens (including phenoxy) is 3. The van der Waals surface area contributed by atoms with Gasteiger partial charge in [-0.3, -0.25) is 4.79 Å². The maximum Gasteiger partial charge on any atom is 0.340 e. The van der Waals surface area contributed by atoms with E-state index in [2.05, 4.69) is 18.4 Å². The van der Waals surface area contributed by atoms with Crippen molar-refractivity contribution in [3.05, 3.63) is 58.8 Å². The van der Waals surface area contributed by atoms with Crippen LogP contribution in [-0.2, 0) is 17.7 Å². The predicted molar refractivity (Wildman–Crippen MR) is 149 cm³/mol. The predicted octanol–water partition coefficient (Wildman–Crippen LogP) is 6.14. The smallest absolute Gasteiger partial charge is 0.340 e. The molecule has 1 aliphatic rings. The fraction of sp³-hybridized carbons (Fsp3) is 0.419. The van der Waals surface area contributed by atoms with Gasteiger partial charge in [0.05, 0.1) is 32.1 Å². The third-order valence-electron chi connectivity index (χ3n) is 7.14. The molecule has 4 rings (SSSR count). The van der Waals surface area contributed by atoms with Crippen LogP contribution in [0.3, 0.4) is 0 Å². The van der Waals surface area contributed by atoms with E-state index < -0.39 is 0 Å². The van der Waals surface area contributed by atoms with Crippen molar-refractivity contribution in [3.8, 4) is 33.9 Å². The number of esters is 1. The number of aromatic nitrogens is 1. The van der Waals surface area contributed by atoms with Gasteiger partial charge < -0.3 is 23.7 Å². The van der Waals surface area contributed by atoms with E-state index in [4.69, 9.17) is 14.2 Å². The van der Waals surface area contributed by atoms with E-state index in [1.807, 2.05) is 55.1 Å². The van der Waals surface area contributed by atoms with Crippen LogP contribution in [0.1, 0.15) is 65.6 Å². The highest BCUT2D eigenvalue weighted by molar-refractivity contribution is 6.06. The Morgan fingerprint density at radius 2 is 1.66 bits per heavy atom. The molecular weight excluding hydrogens is 480 g/mol. The van der Waals surface area contributed by atoms with Crippen LogP contribution >= 0.6 is 0 Å². The molecule has 0 radical (unpaired) electrons. The van der Waals surface area contributed by atoms with Crippen LogP contribution < -0.4 is 9.47 Å². The first-order valence-corrected chi connectivity index (χ1v) is 13.4. The monoisotopic (exact) mass is 518 g/mol. The molecule has 7 heteroatoms. The van der Waals surface area contributed by atoms with Gasteiger partial charge in [-0.05, 0) is 68.5 Å². The van der Waals surface area contributed by atoms with E-state index in [9.17, 15) is 9.59 Å². The molecule has 0 fully saturated rings. The van der Waals surface area contributed by atoms with Crippen LogP contribution in [0, 0.1) is 6.92 Å². The fourth-order valence-corrected chi connectivity index (χ4v) is 5.48. The Hall–Kier alpha value is -3.74. The molecular formula is C31H38N2O5. The number of hydrogen-bond donors (Lipinski definition) is 0. The van der Waals surface area contributed by atoms with E-state index in [0.717, 1.165) is 59.4 Å². The Morgan fingerprint density at radius 1 is 0.974 bits per heavy atom. The standard InChI is InChI=1S/C31H38N2O5/c1-7-14-32(15-8-2)30(34)23-12-10-11-22(17-23)27-20(4)33-16-13-21-18-25(36-5)26(37-6)19-24(21)29(33)28(27)31(35)38-9-3/h10-12,17-19H,7-9,13-16H2,1-6H3. The van der Waals surface area contributed by atoms with Crippen LogP contribution in [0.2, 0.25) is 0 Å². The van der Waals surface area contributed by atoms with Gasteiger partial charge in [-0.15, -0.1) is 0 Å². The lowest BCUT2D eigenvalue weighted by atomic mass is 9.93. The van der Waals surface area contributed by atoms with Gasteiger partial charge in [0.1, 0.15) is 0 Å². The molecule has 1 amide bonds. The zero-order valence-electron chi connectivity index (χ0n) is 23.3. The molecule has 0 aliphatic carbocycles. The maximum atomic E-state index is 13.5. The summed E-state index contributed by atoms with van der Waals surface area (Å²) in [7, 11) is 3.23. The second-order valence-corrected chi connectivity index (χ2v) is 9.54. The van der Waals surface area contributed by atoms with Gasteiger partial charge in [-0.1, -0.05) is 26.0 Å². The minimum Gasteiger partial charge on any atom is -0.493 e. The first kappa shape index (κ1) is 27.3. The summed E-state index contributed by atoms with van der Waals surface area (Å²) in [6.07, 6.45) is 2.59. The number of amides is 1. The molecule has 2 heterocycles. The number of fused-ring (bicyclic) bond motifs is 3. The molecule has 7 nitrogen and oxygen atoms in total. The van der Waals surface area contributed by atoms with E-state index >= 15 is 0 Å². The number of nitrogens with zero attached hydrogens (tertiary/aromatic N) is 2. The highest BCUT2D eigenvalue weighted by Gasteiger charge is 2.32. The highest BCUT2D eigenvalue weighted by atomic mass is 16.5. The molecule has 0 spiro atoms. The van der Waals surface area contributed by atoms with Crippen LogP contribution in [0.5, 0.6) is 11.5 Å². The van der Waals surface area contributed by atoms with Crippen molar-refractivity contribution >= 4 is 11.9 Å². The van der Waals surface area contributed by atoms with Crippen LogP contribution in [0.15, 0.2) is 36.4 Å². The quantitative estimate of drug-likeness (QED) is 0.302. The number of hydrogen-bond acceptors (Lipinski definition) is 5. The second kappa shape index (κ2) is 11.8. The first-order chi connectivity index (χ1) is 18.4. The molecule has 3 aromatic rings. The van der Waals surface area contributed by atoms with E-state index in [0.29, 0.717) is 35.7 Å². The Morgan fingerprint density at radius 3 is 2.29 bits per heavy atom. The normalized spacial score (nSPS) is 11.9. The van der Waals surface area contributed by atoms with Crippen molar-refractivity contribution in [1.29, 1.82) is 0 Å². The molecule has 38 heavy (non-hydrogen) atoms. The van der Waals surface area contributed by atoms with E-state index in [1.165, 1.54) is 0 Å². The van der Waals surface area contributed by atoms with Gasteiger partial charge in [0.25, 0.3) is 5.91 Å². The minimum absolute atomic E-state index is 0.0111. The molecule has 2 aromatic carbocycles. The van der Waals surface area contributed by atoms with Gasteiger partial charge in [-0.25, -0.2) is 4.79 Å². The molecule has 0 atom stereocenters. The number of carbonyl (C=O) groups is 2. The van der Waals surface area contributed by atoms with Crippen LogP contribution in [-0.4, -0.2) is 55.3 Å². The number of carbonyl (C=O) groups excluding carboxylic acids is 2. The average molecular weight is 519 g/mol. The van der Waals surface area contributed by atoms with Crippen LogP contribution in [0.4, 0.5) is 0 Å². The summed E-state index contributed by atoms with van der Waals surface area (Å²) in [4.78, 5) is 28.9. The summed E-state index contributed by atoms with van der Waals surface area (Å²) in [5.41, 5.74) is 6.55. The van der Waals surface area contributed by atoms with Crippen molar-refractivity contribution in [2.24, 2.45) is 0 Å². The first-order valence-electron chi connectivity index (χ1n) is 13.4. The minimum atomic E-state index is -0.377. The lowest BCUT2D eigenvalue weighted by molar-refractivity contribution is 0.0528. The van der Waals surface area contributed by atoms with Crippen molar-refractivity contribution < 1.29 is 23.8 Å². The molecule has 0 bridgehead atoms. The lowest BCUT2D eigenvalue weighted by Crippen LogP contribution is -2.32. The number of benzene rings is 2. The topological polar surface area (TPSA) is 70.0 Å². The van der Waals surface area contributed by atoms with Gasteiger partial charge >= 0.3 is 5.97 Å². The SMILES string of the molecule is CCCN(CCC)C(=O)c1cccc(-c2c(C(=O)OCC)c3n(c2C)CCc2cc(OC)c(OC)cc2-3)c1. The molecule has 0 saturated carbocycles. The fourth-order valence-electron chi connectivity index (χ4n) is 5.48. The Bertz CT molecular complexity index is 1330. The third kappa shape index (κ3) is 4.89. The van der Waals surface area contributed by atoms with Gasteiger partial charge in [-0.2, -0.15) is 0 Å². The van der Waals surface area contributed by atoms with E-state index in [-0.39, 0.29) is 18.5 Å². The van der Waals surface area contributed by atoms with Crippen molar-refractivity contribution in [1.82, 2.24) is 9.47 Å². The molecule has 1 aromatic heterocycles. The number of rotatable bonds is 10. The Labute approximate surface area is 225 Å². The van der Waals surface area contributed by atoms with E-state index in [1.54, 1.807) is 14.2 Å². The van der Waals surface area contributed by atoms with Gasteiger partial charge in [0, 0.05) is 42.0 Å². The number of aryl methyl sites for hydroxylation is 1. The Balaban J connectivity index is 1.92. The lowest BCUT2D eigenvalue weighted by Gasteiger charge is -2.23. The second-order valence-electron chi connectivity index (χ2n) is 9.54. The molecule has 0 unspecified atom stereocenters. The summed E-state index contributed by atoms with van der Waals surface area (Å²) in [5.74, 6) is 0.902. The third-order valence-corrected chi connectivity index (χ3v) is 7.14. The number of methoxy groups -OCH3 is 2. The molecule has 0 N–H and O–H groups in total. The van der Waals surface area contributed by atoms with Gasteiger partial charge in [0.15, 0.2) is 11.5 Å². The van der Waals surface area contributed by atoms with Crippen molar-refractivity contribution in [2.45, 2.75) is 53.5 Å². The highest BCUT2D eigenvalue weighted by Crippen LogP contribution is 2.45. The maximum absolute atomic E-state index is 13.5. The van der Waals surface area contributed by atoms with Gasteiger partial charge in [0.2, 0.25) is 0 Å². The summed E-state index contributed by atoms with van der Waals surface area (Å²) in [5, 5.41) is 0. The summed E-state index contributed by atoms with van der Waals surface area (Å²) in [6.45, 7) is 10.4. The zero-order chi connectivity index (χ0) is 27.4. The van der Waals surface area contributed by atoms with Crippen molar-refractivity contribution in [3.63, 3.8) is 0 Å². The molecule has 0 saturated heterocycles. The zero-order valence-corrected chi connectivity index (χ0v) is 23.3. The summed E-state index contributed by atoms with van der Waals surface area (Å²) >= 11 is 0. The Kier molecular flexibility index (Phi) is 8.45. The van der Waals surface area contributed by atoms with Crippen molar-refractivity contribution in [2.75, 3.05) is 33.9 Å². The molecule has 1 aliphatic heterocycles. The average Bonchev–Trinajstić information content (AvgIpc) is 3.24. The molecule has 202 valence electrons. The summed E-state index contributed by atoms with van der Waals surface area (Å²) in [6, 6.07) is 11.6.